The lowest BCUT2D eigenvalue weighted by molar-refractivity contribution is -0.490. The number of benzene rings is 1. The Bertz CT molecular complexity index is 879. The molecule has 13 heteroatoms. The zero-order chi connectivity index (χ0) is 29.2. The Labute approximate surface area is 240 Å². The van der Waals surface area contributed by atoms with Crippen molar-refractivity contribution in [3.8, 4) is 0 Å². The van der Waals surface area contributed by atoms with Gasteiger partial charge in [0.05, 0.1) is 24.6 Å². The van der Waals surface area contributed by atoms with Crippen LogP contribution in [0.1, 0.15) is 51.0 Å². The van der Waals surface area contributed by atoms with Crippen LogP contribution in [-0.4, -0.2) is 101 Å². The molecule has 0 bridgehead atoms. The van der Waals surface area contributed by atoms with E-state index in [2.05, 4.69) is 10.2 Å². The molecule has 1 aromatic carbocycles. The minimum atomic E-state index is -0.678. The smallest absolute Gasteiger partial charge is 0.328 e. The van der Waals surface area contributed by atoms with Crippen molar-refractivity contribution in [2.24, 2.45) is 5.73 Å². The Morgan fingerprint density at radius 3 is 2.55 bits per heavy atom. The minimum Gasteiger partial charge on any atom is -0.465 e. The van der Waals surface area contributed by atoms with E-state index in [1.165, 1.54) is 11.8 Å². The molecule has 1 aliphatic heterocycles. The fourth-order valence-corrected chi connectivity index (χ4v) is 5.13. The number of thioether (sulfide) groups is 1. The Morgan fingerprint density at radius 2 is 1.85 bits per heavy atom. The lowest BCUT2D eigenvalue weighted by Gasteiger charge is -2.30. The summed E-state index contributed by atoms with van der Waals surface area (Å²) in [4.78, 5) is 45.5. The summed E-state index contributed by atoms with van der Waals surface area (Å²) in [5.41, 5.74) is 6.77. The second-order valence-corrected chi connectivity index (χ2v) is 10.6. The van der Waals surface area contributed by atoms with Gasteiger partial charge in [0.25, 0.3) is 0 Å². The van der Waals surface area contributed by atoms with E-state index in [9.17, 15) is 14.4 Å². The first-order chi connectivity index (χ1) is 19.4. The highest BCUT2D eigenvalue weighted by Crippen LogP contribution is 2.22. The third-order valence-corrected chi connectivity index (χ3v) is 7.41. The number of likely N-dealkylation sites (tertiary alicyclic amines) is 1. The quantitative estimate of drug-likeness (QED) is 0.100. The molecule has 1 heterocycles. The van der Waals surface area contributed by atoms with Gasteiger partial charge < -0.3 is 20.1 Å². The highest BCUT2D eigenvalue weighted by Gasteiger charge is 2.39. The molecule has 1 fully saturated rings. The van der Waals surface area contributed by atoms with Gasteiger partial charge in [0.1, 0.15) is 18.7 Å². The van der Waals surface area contributed by atoms with Gasteiger partial charge in [-0.2, -0.15) is 11.8 Å². The molecule has 3 atom stereocenters. The predicted molar refractivity (Wildman–Crippen MR) is 149 cm³/mol. The lowest BCUT2D eigenvalue weighted by Crippen LogP contribution is -2.54. The summed E-state index contributed by atoms with van der Waals surface area (Å²) in [5, 5.41) is 20.0. The summed E-state index contributed by atoms with van der Waals surface area (Å²) in [5.74, 6) is -0.106. The molecule has 2 rings (SSSR count). The first kappa shape index (κ1) is 33.9. The fraction of sp³-hybridized carbons (Fsp3) is 0.667. The van der Waals surface area contributed by atoms with E-state index in [0.717, 1.165) is 12.0 Å². The van der Waals surface area contributed by atoms with Crippen LogP contribution in [0.5, 0.6) is 0 Å². The zero-order valence-electron chi connectivity index (χ0n) is 23.2. The molecule has 0 aliphatic carbocycles. The zero-order valence-corrected chi connectivity index (χ0v) is 24.1. The molecule has 3 unspecified atom stereocenters. The van der Waals surface area contributed by atoms with Gasteiger partial charge in [-0.25, -0.2) is 9.63 Å². The standard InChI is InChI=1S/C27H44N4O8S/c1-2-37-26(33)23(14-13-21-9-4-3-5-10-21)29-22(11-6-7-15-28)25(32)30-16-8-12-24(30)27(34)38-17-19-40-20-18-39-31(35)36/h3-5,9-10,22-24,29,35-36H,2,6-8,11-20,28H2,1H3. The Balaban J connectivity index is 2.01. The Morgan fingerprint density at radius 1 is 1.10 bits per heavy atom. The number of nitrogens with one attached hydrogen (secondary N) is 1. The molecule has 40 heavy (non-hydrogen) atoms. The molecule has 226 valence electrons. The fourth-order valence-electron chi connectivity index (χ4n) is 4.53. The average molecular weight is 585 g/mol. The summed E-state index contributed by atoms with van der Waals surface area (Å²) in [6.45, 7) is 3.17. The van der Waals surface area contributed by atoms with Gasteiger partial charge in [-0.15, -0.1) is 0 Å². The van der Waals surface area contributed by atoms with Crippen molar-refractivity contribution < 1.29 is 39.1 Å². The SMILES string of the molecule is CCOC(=O)C(CCc1ccccc1)NC(CCCCN)C(=O)N1CCCC1C(=O)OCCSCCON(O)O. The van der Waals surface area contributed by atoms with Gasteiger partial charge in [0, 0.05) is 18.1 Å². The average Bonchev–Trinajstić information content (AvgIpc) is 3.44. The number of carbonyl (C=O) groups excluding carboxylic acids is 3. The van der Waals surface area contributed by atoms with Crippen LogP contribution in [0.3, 0.4) is 0 Å². The van der Waals surface area contributed by atoms with Crippen LogP contribution in [0, 0.1) is 0 Å². The highest BCUT2D eigenvalue weighted by molar-refractivity contribution is 7.99. The Hall–Kier alpha value is -2.26. The van der Waals surface area contributed by atoms with E-state index in [4.69, 9.17) is 25.6 Å². The summed E-state index contributed by atoms with van der Waals surface area (Å²) in [6.07, 6.45) is 4.22. The maximum absolute atomic E-state index is 13.8. The van der Waals surface area contributed by atoms with Gasteiger partial charge in [-0.3, -0.25) is 25.3 Å². The van der Waals surface area contributed by atoms with Gasteiger partial charge in [0.15, 0.2) is 0 Å². The van der Waals surface area contributed by atoms with E-state index < -0.39 is 30.1 Å². The van der Waals surface area contributed by atoms with E-state index in [0.29, 0.717) is 63.1 Å². The summed E-state index contributed by atoms with van der Waals surface area (Å²) in [6, 6.07) is 7.80. The molecule has 0 spiro atoms. The van der Waals surface area contributed by atoms with Crippen LogP contribution >= 0.6 is 11.8 Å². The van der Waals surface area contributed by atoms with Crippen molar-refractivity contribution in [3.05, 3.63) is 35.9 Å². The van der Waals surface area contributed by atoms with Gasteiger partial charge in [-0.05, 0) is 57.6 Å². The van der Waals surface area contributed by atoms with E-state index in [1.54, 1.807) is 11.8 Å². The molecule has 12 nitrogen and oxygen atoms in total. The molecule has 1 aliphatic rings. The van der Waals surface area contributed by atoms with Gasteiger partial charge in [0.2, 0.25) is 5.91 Å². The van der Waals surface area contributed by atoms with Crippen molar-refractivity contribution in [2.45, 2.75) is 70.0 Å². The number of esters is 2. The van der Waals surface area contributed by atoms with Crippen LogP contribution in [0.25, 0.3) is 0 Å². The maximum Gasteiger partial charge on any atom is 0.328 e. The predicted octanol–water partition coefficient (Wildman–Crippen LogP) is 1.92. The molecule has 1 saturated heterocycles. The number of aryl methyl sites for hydroxylation is 1. The Kier molecular flexibility index (Phi) is 16.8. The third kappa shape index (κ3) is 12.5. The topological polar surface area (TPSA) is 164 Å². The van der Waals surface area contributed by atoms with Crippen molar-refractivity contribution in [1.82, 2.24) is 15.6 Å². The number of carbonyl (C=O) groups is 3. The first-order valence-electron chi connectivity index (χ1n) is 13.9. The van der Waals surface area contributed by atoms with E-state index in [1.807, 2.05) is 30.3 Å². The van der Waals surface area contributed by atoms with Crippen LogP contribution in [0.15, 0.2) is 30.3 Å². The number of rotatable bonds is 20. The molecular formula is C27H44N4O8S. The van der Waals surface area contributed by atoms with Gasteiger partial charge in [-0.1, -0.05) is 36.8 Å². The van der Waals surface area contributed by atoms with Crippen LogP contribution < -0.4 is 11.1 Å². The molecule has 1 amide bonds. The second kappa shape index (κ2) is 19.8. The second-order valence-electron chi connectivity index (χ2n) is 9.39. The van der Waals surface area contributed by atoms with Crippen LogP contribution in [-0.2, 0) is 35.1 Å². The normalized spacial score (nSPS) is 16.6. The molecular weight excluding hydrogens is 540 g/mol. The van der Waals surface area contributed by atoms with E-state index >= 15 is 0 Å². The van der Waals surface area contributed by atoms with Crippen LogP contribution in [0.2, 0.25) is 0 Å². The minimum absolute atomic E-state index is 0.0905. The molecule has 0 aromatic heterocycles. The highest BCUT2D eigenvalue weighted by atomic mass is 32.2. The van der Waals surface area contributed by atoms with Gasteiger partial charge >= 0.3 is 11.9 Å². The molecule has 1 aromatic rings. The lowest BCUT2D eigenvalue weighted by atomic mass is 10.0. The van der Waals surface area contributed by atoms with Crippen LogP contribution in [0.4, 0.5) is 0 Å². The molecule has 0 radical (unpaired) electrons. The number of nitrogens with zero attached hydrogens (tertiary/aromatic N) is 2. The first-order valence-corrected chi connectivity index (χ1v) is 15.0. The van der Waals surface area contributed by atoms with Crippen molar-refractivity contribution >= 4 is 29.6 Å². The summed E-state index contributed by atoms with van der Waals surface area (Å²) >= 11 is 1.42. The number of hydrogen-bond acceptors (Lipinski definition) is 12. The number of ether oxygens (including phenoxy) is 2. The number of nitrogens with two attached hydrogens (primary N) is 1. The van der Waals surface area contributed by atoms with Crippen molar-refractivity contribution in [1.29, 1.82) is 0 Å². The number of unbranched alkanes of at least 4 members (excludes halogenated alkanes) is 1. The van der Waals surface area contributed by atoms with E-state index in [-0.39, 0.29) is 31.1 Å². The maximum atomic E-state index is 13.8. The summed E-state index contributed by atoms with van der Waals surface area (Å²) < 4.78 is 10.8. The van der Waals surface area contributed by atoms with Crippen molar-refractivity contribution in [3.63, 3.8) is 0 Å². The number of amides is 1. The van der Waals surface area contributed by atoms with Crippen molar-refractivity contribution in [2.75, 3.05) is 44.4 Å². The summed E-state index contributed by atoms with van der Waals surface area (Å²) in [7, 11) is 0. The largest absolute Gasteiger partial charge is 0.465 e. The number of hydrogen-bond donors (Lipinski definition) is 4. The third-order valence-electron chi connectivity index (χ3n) is 6.50. The molecule has 0 saturated carbocycles. The monoisotopic (exact) mass is 584 g/mol. The molecule has 5 N–H and O–H groups in total.